The molecule has 1 saturated heterocycles. The van der Waals surface area contributed by atoms with Crippen LogP contribution >= 0.6 is 0 Å². The van der Waals surface area contributed by atoms with Crippen LogP contribution in [0.15, 0.2) is 0 Å². The van der Waals surface area contributed by atoms with Crippen LogP contribution in [0.25, 0.3) is 0 Å². The van der Waals surface area contributed by atoms with Gasteiger partial charge in [-0.05, 0) is 53.9 Å². The summed E-state index contributed by atoms with van der Waals surface area (Å²) in [5, 5.41) is 20.5. The van der Waals surface area contributed by atoms with E-state index < -0.39 is 11.7 Å². The molecule has 0 aromatic heterocycles. The molecule has 1 aliphatic rings. The summed E-state index contributed by atoms with van der Waals surface area (Å²) < 4.78 is 5.73. The van der Waals surface area contributed by atoms with Crippen molar-refractivity contribution in [2.75, 3.05) is 13.2 Å². The Morgan fingerprint density at radius 2 is 1.82 bits per heavy atom. The molecule has 1 aliphatic heterocycles. The van der Waals surface area contributed by atoms with Gasteiger partial charge in [0.1, 0.15) is 5.60 Å². The van der Waals surface area contributed by atoms with E-state index in [-0.39, 0.29) is 23.8 Å². The number of rotatable bonds is 6. The van der Waals surface area contributed by atoms with Crippen molar-refractivity contribution in [3.05, 3.63) is 0 Å². The molecular weight excluding hydrogens is 278 g/mol. The second-order valence-electron chi connectivity index (χ2n) is 7.99. The van der Waals surface area contributed by atoms with Gasteiger partial charge in [-0.3, -0.25) is 4.90 Å². The highest BCUT2D eigenvalue weighted by atomic mass is 16.5. The normalized spacial score (nSPS) is 26.1. The summed E-state index contributed by atoms with van der Waals surface area (Å²) in [6.07, 6.45) is 6.73. The monoisotopic (exact) mass is 311 g/mol. The van der Waals surface area contributed by atoms with Crippen molar-refractivity contribution in [2.45, 2.75) is 89.7 Å². The molecule has 4 nitrogen and oxygen atoms in total. The Bertz CT molecular complexity index is 395. The fourth-order valence-corrected chi connectivity index (χ4v) is 3.55. The molecule has 128 valence electrons. The molecule has 0 unspecified atom stereocenters. The average molecular weight is 311 g/mol. The van der Waals surface area contributed by atoms with Crippen LogP contribution in [-0.4, -0.2) is 57.2 Å². The van der Waals surface area contributed by atoms with Gasteiger partial charge in [-0.1, -0.05) is 12.8 Å². The van der Waals surface area contributed by atoms with Gasteiger partial charge >= 0.3 is 0 Å². The highest BCUT2D eigenvalue weighted by Gasteiger charge is 2.45. The molecule has 0 bridgehead atoms. The lowest BCUT2D eigenvalue weighted by Crippen LogP contribution is -2.63. The summed E-state index contributed by atoms with van der Waals surface area (Å²) in [4.78, 5) is 2.28. The third-order valence-corrected chi connectivity index (χ3v) is 4.90. The minimum atomic E-state index is -0.621. The summed E-state index contributed by atoms with van der Waals surface area (Å²) >= 11 is 0. The summed E-state index contributed by atoms with van der Waals surface area (Å²) in [6.45, 7) is 13.0. The van der Waals surface area contributed by atoms with Crippen LogP contribution in [0.3, 0.4) is 0 Å². The molecule has 0 aliphatic carbocycles. The molecular formula is C18H33NO3. The fourth-order valence-electron chi connectivity index (χ4n) is 3.55. The van der Waals surface area contributed by atoms with Crippen molar-refractivity contribution in [2.24, 2.45) is 0 Å². The number of β-amino-alcohol motifs (C(OH)–C–C–N with tert-alkyl or cyclic N) is 1. The van der Waals surface area contributed by atoms with Gasteiger partial charge in [-0.15, -0.1) is 6.42 Å². The molecule has 22 heavy (non-hydrogen) atoms. The van der Waals surface area contributed by atoms with Crippen LogP contribution in [0.5, 0.6) is 0 Å². The molecule has 1 heterocycles. The van der Waals surface area contributed by atoms with Crippen molar-refractivity contribution in [1.82, 2.24) is 4.90 Å². The van der Waals surface area contributed by atoms with E-state index in [9.17, 15) is 10.2 Å². The predicted molar refractivity (Wildman–Crippen MR) is 89.6 cm³/mol. The number of terminal acetylenes is 1. The lowest BCUT2D eigenvalue weighted by Gasteiger charge is -2.55. The Balaban J connectivity index is 2.70. The predicted octanol–water partition coefficient (Wildman–Crippen LogP) is 2.18. The first-order chi connectivity index (χ1) is 9.96. The minimum Gasteiger partial charge on any atom is -0.393 e. The van der Waals surface area contributed by atoms with Gasteiger partial charge in [0.05, 0.1) is 18.8 Å². The number of piperidine rings is 1. The van der Waals surface area contributed by atoms with Gasteiger partial charge < -0.3 is 14.9 Å². The Hall–Kier alpha value is -0.600. The van der Waals surface area contributed by atoms with E-state index >= 15 is 0 Å². The van der Waals surface area contributed by atoms with Crippen LogP contribution in [0.2, 0.25) is 0 Å². The van der Waals surface area contributed by atoms with Crippen molar-refractivity contribution in [3.63, 3.8) is 0 Å². The SMILES string of the molecule is C#C[C@](C)(CC)OC[C@H](O)CN1C(C)(C)CC(O)CC1(C)C. The largest absolute Gasteiger partial charge is 0.393 e. The van der Waals surface area contributed by atoms with E-state index in [2.05, 4.69) is 38.5 Å². The van der Waals surface area contributed by atoms with Gasteiger partial charge in [0.2, 0.25) is 0 Å². The molecule has 0 aromatic rings. The minimum absolute atomic E-state index is 0.164. The maximum Gasteiger partial charge on any atom is 0.125 e. The lowest BCUT2D eigenvalue weighted by atomic mass is 9.78. The topological polar surface area (TPSA) is 52.9 Å². The average Bonchev–Trinajstić information content (AvgIpc) is 2.39. The van der Waals surface area contributed by atoms with E-state index in [1.54, 1.807) is 0 Å². The second kappa shape index (κ2) is 6.88. The Morgan fingerprint density at radius 1 is 1.32 bits per heavy atom. The number of aliphatic hydroxyl groups is 2. The van der Waals surface area contributed by atoms with Gasteiger partial charge in [-0.2, -0.15) is 0 Å². The van der Waals surface area contributed by atoms with Crippen LogP contribution in [0, 0.1) is 12.3 Å². The van der Waals surface area contributed by atoms with Crippen LogP contribution in [-0.2, 0) is 4.74 Å². The van der Waals surface area contributed by atoms with E-state index in [0.29, 0.717) is 25.8 Å². The molecule has 0 radical (unpaired) electrons. The number of aliphatic hydroxyl groups excluding tert-OH is 2. The lowest BCUT2D eigenvalue weighted by molar-refractivity contribution is -0.113. The fraction of sp³-hybridized carbons (Fsp3) is 0.889. The number of likely N-dealkylation sites (tertiary alicyclic amines) is 1. The zero-order valence-corrected chi connectivity index (χ0v) is 15.0. The number of hydrogen-bond donors (Lipinski definition) is 2. The third-order valence-electron chi connectivity index (χ3n) is 4.90. The first kappa shape index (κ1) is 19.4. The first-order valence-electron chi connectivity index (χ1n) is 8.21. The van der Waals surface area contributed by atoms with Crippen molar-refractivity contribution in [1.29, 1.82) is 0 Å². The number of nitrogens with zero attached hydrogens (tertiary/aromatic N) is 1. The van der Waals surface area contributed by atoms with Crippen molar-refractivity contribution in [3.8, 4) is 12.3 Å². The smallest absolute Gasteiger partial charge is 0.125 e. The maximum atomic E-state index is 10.4. The van der Waals surface area contributed by atoms with Crippen LogP contribution in [0.4, 0.5) is 0 Å². The Labute approximate surface area is 135 Å². The molecule has 4 heteroatoms. The van der Waals surface area contributed by atoms with Crippen LogP contribution < -0.4 is 0 Å². The maximum absolute atomic E-state index is 10.4. The van der Waals surface area contributed by atoms with E-state index in [1.807, 2.05) is 13.8 Å². The van der Waals surface area contributed by atoms with Gasteiger partial charge in [0.15, 0.2) is 0 Å². The molecule has 0 spiro atoms. The van der Waals surface area contributed by atoms with Gasteiger partial charge in [0, 0.05) is 17.6 Å². The summed E-state index contributed by atoms with van der Waals surface area (Å²) in [5.41, 5.74) is -0.950. The number of hydrogen-bond acceptors (Lipinski definition) is 4. The van der Waals surface area contributed by atoms with E-state index in [0.717, 1.165) is 0 Å². The number of ether oxygens (including phenoxy) is 1. The second-order valence-corrected chi connectivity index (χ2v) is 7.99. The van der Waals surface area contributed by atoms with Crippen LogP contribution in [0.1, 0.15) is 60.8 Å². The molecule has 0 amide bonds. The summed E-state index contributed by atoms with van der Waals surface area (Å²) in [7, 11) is 0. The van der Waals surface area contributed by atoms with Crippen molar-refractivity contribution < 1.29 is 14.9 Å². The standard InChI is InChI=1S/C18H33NO3/c1-8-18(7,9-2)22-13-15(21)12-19-16(3,4)10-14(20)11-17(19,5)6/h1,14-15,20-21H,9-13H2,2-7H3/t15-,18-/m1/s1. The van der Waals surface area contributed by atoms with E-state index in [1.165, 1.54) is 0 Å². The molecule has 2 N–H and O–H groups in total. The molecule has 2 atom stereocenters. The van der Waals surface area contributed by atoms with E-state index in [4.69, 9.17) is 11.2 Å². The molecule has 1 rings (SSSR count). The zero-order valence-electron chi connectivity index (χ0n) is 15.0. The summed E-state index contributed by atoms with van der Waals surface area (Å²) in [5.74, 6) is 2.65. The highest BCUT2D eigenvalue weighted by Crippen LogP contribution is 2.38. The Morgan fingerprint density at radius 3 is 2.23 bits per heavy atom. The van der Waals surface area contributed by atoms with Gasteiger partial charge in [0.25, 0.3) is 0 Å². The Kier molecular flexibility index (Phi) is 6.08. The first-order valence-corrected chi connectivity index (χ1v) is 8.21. The zero-order chi connectivity index (χ0) is 17.2. The molecule has 1 fully saturated rings. The molecule has 0 aromatic carbocycles. The molecule has 0 saturated carbocycles. The van der Waals surface area contributed by atoms with Gasteiger partial charge in [-0.25, -0.2) is 0 Å². The summed E-state index contributed by atoms with van der Waals surface area (Å²) in [6, 6.07) is 0. The highest BCUT2D eigenvalue weighted by molar-refractivity contribution is 5.05. The quantitative estimate of drug-likeness (QED) is 0.738. The van der Waals surface area contributed by atoms with Crippen molar-refractivity contribution >= 4 is 0 Å². The third kappa shape index (κ3) is 4.70.